The van der Waals surface area contributed by atoms with Crippen molar-refractivity contribution in [3.05, 3.63) is 29.8 Å². The number of methoxy groups -OCH3 is 1. The second-order valence-electron chi connectivity index (χ2n) is 6.24. The van der Waals surface area contributed by atoms with Gasteiger partial charge in [-0.2, -0.15) is 0 Å². The zero-order valence-electron chi connectivity index (χ0n) is 13.8. The molecule has 0 aliphatic heterocycles. The van der Waals surface area contributed by atoms with E-state index in [9.17, 15) is 9.59 Å². The van der Waals surface area contributed by atoms with E-state index in [1.54, 1.807) is 31.4 Å². The summed E-state index contributed by atoms with van der Waals surface area (Å²) in [5.41, 5.74) is 0.745. The molecule has 0 saturated heterocycles. The van der Waals surface area contributed by atoms with Gasteiger partial charge < -0.3 is 20.7 Å². The molecule has 0 spiro atoms. The lowest BCUT2D eigenvalue weighted by molar-refractivity contribution is 0.0919. The van der Waals surface area contributed by atoms with Gasteiger partial charge in [0, 0.05) is 23.9 Å². The third-order valence-corrected chi connectivity index (χ3v) is 2.67. The molecule has 0 bridgehead atoms. The minimum atomic E-state index is -0.335. The molecule has 1 rings (SSSR count). The highest BCUT2D eigenvalue weighted by atomic mass is 16.5. The summed E-state index contributed by atoms with van der Waals surface area (Å²) in [5.74, 6) is -0.177. The first-order valence-electron chi connectivity index (χ1n) is 7.20. The highest BCUT2D eigenvalue weighted by Crippen LogP contribution is 2.12. The maximum absolute atomic E-state index is 12.1. The summed E-state index contributed by atoms with van der Waals surface area (Å²) < 4.78 is 4.96. The summed E-state index contributed by atoms with van der Waals surface area (Å²) in [6.45, 7) is 8.02. The van der Waals surface area contributed by atoms with Crippen LogP contribution in [0.3, 0.4) is 0 Å². The van der Waals surface area contributed by atoms with Gasteiger partial charge in [-0.1, -0.05) is 6.07 Å². The predicted molar refractivity (Wildman–Crippen MR) is 87.2 cm³/mol. The van der Waals surface area contributed by atoms with Gasteiger partial charge in [0.1, 0.15) is 0 Å². The minimum Gasteiger partial charge on any atom is -0.383 e. The Balaban J connectivity index is 2.68. The Labute approximate surface area is 131 Å². The Morgan fingerprint density at radius 3 is 2.55 bits per heavy atom. The van der Waals surface area contributed by atoms with Crippen molar-refractivity contribution in [3.8, 4) is 0 Å². The zero-order chi connectivity index (χ0) is 16.8. The van der Waals surface area contributed by atoms with Crippen LogP contribution in [0.25, 0.3) is 0 Å². The van der Waals surface area contributed by atoms with Crippen molar-refractivity contribution in [2.24, 2.45) is 0 Å². The van der Waals surface area contributed by atoms with Crippen LogP contribution >= 0.6 is 0 Å². The fraction of sp³-hybridized carbons (Fsp3) is 0.500. The Morgan fingerprint density at radius 1 is 1.27 bits per heavy atom. The number of amides is 3. The third-order valence-electron chi connectivity index (χ3n) is 2.67. The van der Waals surface area contributed by atoms with Gasteiger partial charge >= 0.3 is 6.03 Å². The molecule has 0 heterocycles. The van der Waals surface area contributed by atoms with Gasteiger partial charge in [-0.15, -0.1) is 0 Å². The Hall–Kier alpha value is -2.08. The van der Waals surface area contributed by atoms with Gasteiger partial charge in [0.2, 0.25) is 0 Å². The number of rotatable bonds is 5. The van der Waals surface area contributed by atoms with E-state index in [1.807, 2.05) is 27.7 Å². The first-order chi connectivity index (χ1) is 10.2. The van der Waals surface area contributed by atoms with Crippen molar-refractivity contribution in [3.63, 3.8) is 0 Å². The lowest BCUT2D eigenvalue weighted by Crippen LogP contribution is -2.40. The molecule has 0 aromatic heterocycles. The summed E-state index contributed by atoms with van der Waals surface area (Å²) in [4.78, 5) is 23.9. The normalized spacial score (nSPS) is 12.4. The fourth-order valence-corrected chi connectivity index (χ4v) is 1.83. The number of carbonyl (C=O) groups is 2. The van der Waals surface area contributed by atoms with Crippen molar-refractivity contribution >= 4 is 17.6 Å². The number of ether oxygens (including phenoxy) is 1. The monoisotopic (exact) mass is 307 g/mol. The van der Waals surface area contributed by atoms with Crippen LogP contribution in [-0.4, -0.2) is 37.2 Å². The number of urea groups is 1. The van der Waals surface area contributed by atoms with E-state index in [-0.39, 0.29) is 23.5 Å². The quantitative estimate of drug-likeness (QED) is 0.781. The molecule has 3 amide bonds. The molecule has 1 unspecified atom stereocenters. The second kappa shape index (κ2) is 7.79. The van der Waals surface area contributed by atoms with E-state index in [1.165, 1.54) is 0 Å². The third kappa shape index (κ3) is 6.58. The Morgan fingerprint density at radius 2 is 1.95 bits per heavy atom. The van der Waals surface area contributed by atoms with E-state index < -0.39 is 0 Å². The maximum atomic E-state index is 12.1. The predicted octanol–water partition coefficient (Wildman–Crippen LogP) is 2.37. The smallest absolute Gasteiger partial charge is 0.319 e. The molecule has 6 heteroatoms. The lowest BCUT2D eigenvalue weighted by atomic mass is 10.1. The summed E-state index contributed by atoms with van der Waals surface area (Å²) in [6.07, 6.45) is 0. The van der Waals surface area contributed by atoms with Gasteiger partial charge in [0.25, 0.3) is 5.91 Å². The van der Waals surface area contributed by atoms with Crippen molar-refractivity contribution in [2.75, 3.05) is 19.0 Å². The molecule has 3 N–H and O–H groups in total. The summed E-state index contributed by atoms with van der Waals surface area (Å²) in [5, 5.41) is 8.33. The van der Waals surface area contributed by atoms with Crippen molar-refractivity contribution in [2.45, 2.75) is 39.3 Å². The number of carbonyl (C=O) groups excluding carboxylic acids is 2. The second-order valence-corrected chi connectivity index (χ2v) is 6.24. The average Bonchev–Trinajstić information content (AvgIpc) is 2.36. The molecule has 22 heavy (non-hydrogen) atoms. The van der Waals surface area contributed by atoms with Crippen molar-refractivity contribution in [1.82, 2.24) is 10.6 Å². The van der Waals surface area contributed by atoms with Crippen LogP contribution in [0, 0.1) is 0 Å². The van der Waals surface area contributed by atoms with E-state index in [4.69, 9.17) is 4.74 Å². The molecule has 1 aromatic carbocycles. The number of nitrogens with one attached hydrogen (secondary N) is 3. The molecule has 0 aliphatic rings. The molecule has 0 saturated carbocycles. The van der Waals surface area contributed by atoms with Gasteiger partial charge in [-0.05, 0) is 45.9 Å². The highest BCUT2D eigenvalue weighted by molar-refractivity contribution is 5.97. The summed E-state index contributed by atoms with van der Waals surface area (Å²) in [6, 6.07) is 6.37. The van der Waals surface area contributed by atoms with Crippen molar-refractivity contribution < 1.29 is 14.3 Å². The number of benzene rings is 1. The number of hydrogen-bond donors (Lipinski definition) is 3. The topological polar surface area (TPSA) is 79.5 Å². The van der Waals surface area contributed by atoms with E-state index in [2.05, 4.69) is 16.0 Å². The van der Waals surface area contributed by atoms with E-state index >= 15 is 0 Å². The molecular formula is C16H25N3O3. The van der Waals surface area contributed by atoms with E-state index in [0.717, 1.165) is 0 Å². The largest absolute Gasteiger partial charge is 0.383 e. The molecule has 1 aromatic rings. The average molecular weight is 307 g/mol. The highest BCUT2D eigenvalue weighted by Gasteiger charge is 2.15. The molecule has 6 nitrogen and oxygen atoms in total. The van der Waals surface area contributed by atoms with Gasteiger partial charge in [0.15, 0.2) is 0 Å². The van der Waals surface area contributed by atoms with E-state index in [0.29, 0.717) is 17.9 Å². The van der Waals surface area contributed by atoms with Crippen LogP contribution in [0.1, 0.15) is 38.1 Å². The number of hydrogen-bond acceptors (Lipinski definition) is 3. The molecule has 0 radical (unpaired) electrons. The van der Waals surface area contributed by atoms with Gasteiger partial charge in [-0.3, -0.25) is 4.79 Å². The Kier molecular flexibility index (Phi) is 6.37. The van der Waals surface area contributed by atoms with Crippen LogP contribution in [0.15, 0.2) is 24.3 Å². The molecule has 1 atom stereocenters. The molecule has 0 aliphatic carbocycles. The molecule has 122 valence electrons. The Bertz CT molecular complexity index is 524. The van der Waals surface area contributed by atoms with Gasteiger partial charge in [0.05, 0.1) is 12.6 Å². The molecule has 0 fully saturated rings. The standard InChI is InChI=1S/C16H25N3O3/c1-11(10-22-5)17-15(21)18-13-8-6-7-12(9-13)14(20)19-16(2,3)4/h6-9,11H,10H2,1-5H3,(H,19,20)(H2,17,18,21). The lowest BCUT2D eigenvalue weighted by Gasteiger charge is -2.20. The minimum absolute atomic E-state index is 0.0997. The fourth-order valence-electron chi connectivity index (χ4n) is 1.83. The van der Waals surface area contributed by atoms with Crippen LogP contribution in [0.5, 0.6) is 0 Å². The van der Waals surface area contributed by atoms with Crippen LogP contribution in [0.4, 0.5) is 10.5 Å². The summed E-state index contributed by atoms with van der Waals surface area (Å²) >= 11 is 0. The van der Waals surface area contributed by atoms with Crippen molar-refractivity contribution in [1.29, 1.82) is 0 Å². The zero-order valence-corrected chi connectivity index (χ0v) is 13.8. The summed E-state index contributed by atoms with van der Waals surface area (Å²) in [7, 11) is 1.58. The molecular weight excluding hydrogens is 282 g/mol. The SMILES string of the molecule is COCC(C)NC(=O)Nc1cccc(C(=O)NC(C)(C)C)c1. The maximum Gasteiger partial charge on any atom is 0.319 e. The van der Waals surface area contributed by atoms with Crippen LogP contribution < -0.4 is 16.0 Å². The van der Waals surface area contributed by atoms with Crippen LogP contribution in [-0.2, 0) is 4.74 Å². The number of anilines is 1. The van der Waals surface area contributed by atoms with Gasteiger partial charge in [-0.25, -0.2) is 4.79 Å². The van der Waals surface area contributed by atoms with Crippen LogP contribution in [0.2, 0.25) is 0 Å². The first-order valence-corrected chi connectivity index (χ1v) is 7.20. The first kappa shape index (κ1) is 18.0.